The Labute approximate surface area is 214 Å². The van der Waals surface area contributed by atoms with E-state index in [0.717, 1.165) is 29.6 Å². The third-order valence-electron chi connectivity index (χ3n) is 10.6. The molecule has 34 heavy (non-hydrogen) atoms. The molecule has 0 aromatic heterocycles. The van der Waals surface area contributed by atoms with Crippen LogP contribution in [0, 0.1) is 46.3 Å². The first kappa shape index (κ1) is 28.1. The zero-order chi connectivity index (χ0) is 24.1. The fraction of sp³-hybridized carbons (Fsp3) is 0.970. The van der Waals surface area contributed by atoms with E-state index in [2.05, 4.69) is 19.9 Å². The summed E-state index contributed by atoms with van der Waals surface area (Å²) in [4.78, 5) is 0. The lowest BCUT2D eigenvalue weighted by Gasteiger charge is -2.43. The lowest BCUT2D eigenvalue weighted by molar-refractivity contribution is 0.0813. The fourth-order valence-electron chi connectivity index (χ4n) is 8.34. The molecule has 3 saturated carbocycles. The zero-order valence-corrected chi connectivity index (χ0v) is 23.3. The second-order valence-corrected chi connectivity index (χ2v) is 13.1. The second-order valence-electron chi connectivity index (χ2n) is 13.1. The van der Waals surface area contributed by atoms with Crippen LogP contribution in [0.4, 0.5) is 0 Å². The smallest absolute Gasteiger partial charge is 0.0689 e. The van der Waals surface area contributed by atoms with Gasteiger partial charge in [-0.05, 0) is 87.4 Å². The monoisotopic (exact) mass is 469 g/mol. The van der Waals surface area contributed by atoms with Gasteiger partial charge in [0.05, 0.1) is 11.5 Å². The average Bonchev–Trinajstić information content (AvgIpc) is 2.89. The molecular weight excluding hydrogens is 410 g/mol. The first-order valence-corrected chi connectivity index (χ1v) is 16.1. The summed E-state index contributed by atoms with van der Waals surface area (Å²) in [5.74, 6) is 4.92. The predicted octanol–water partition coefficient (Wildman–Crippen LogP) is 11.0. The summed E-state index contributed by atoms with van der Waals surface area (Å²) in [5, 5.41) is 10.1. The molecular formula is C33H59N. The van der Waals surface area contributed by atoms with Crippen LogP contribution in [-0.2, 0) is 0 Å². The van der Waals surface area contributed by atoms with E-state index in [1.165, 1.54) is 154 Å². The molecule has 3 aliphatic rings. The molecule has 1 heteroatoms. The van der Waals surface area contributed by atoms with Crippen LogP contribution in [0.5, 0.6) is 0 Å². The summed E-state index contributed by atoms with van der Waals surface area (Å²) in [6, 6.07) is 2.87. The van der Waals surface area contributed by atoms with Gasteiger partial charge >= 0.3 is 0 Å². The second kappa shape index (κ2) is 15.6. The van der Waals surface area contributed by atoms with E-state index in [4.69, 9.17) is 0 Å². The zero-order valence-electron chi connectivity index (χ0n) is 23.3. The van der Waals surface area contributed by atoms with Crippen molar-refractivity contribution in [2.45, 2.75) is 168 Å². The molecule has 3 rings (SSSR count). The molecule has 0 spiro atoms. The van der Waals surface area contributed by atoms with E-state index in [-0.39, 0.29) is 5.41 Å². The first-order valence-electron chi connectivity index (χ1n) is 16.1. The maximum absolute atomic E-state index is 10.1. The van der Waals surface area contributed by atoms with E-state index in [9.17, 15) is 5.26 Å². The third kappa shape index (κ3) is 8.86. The summed E-state index contributed by atoms with van der Waals surface area (Å²) in [6.07, 6.45) is 33.9. The largest absolute Gasteiger partial charge is 0.198 e. The van der Waals surface area contributed by atoms with Crippen molar-refractivity contribution in [3.05, 3.63) is 0 Å². The summed E-state index contributed by atoms with van der Waals surface area (Å²) in [6.45, 7) is 4.61. The molecule has 0 amide bonds. The van der Waals surface area contributed by atoms with Crippen molar-refractivity contribution in [2.75, 3.05) is 0 Å². The van der Waals surface area contributed by atoms with Gasteiger partial charge in [0.2, 0.25) is 0 Å². The van der Waals surface area contributed by atoms with Gasteiger partial charge in [0.15, 0.2) is 0 Å². The van der Waals surface area contributed by atoms with Crippen LogP contribution < -0.4 is 0 Å². The van der Waals surface area contributed by atoms with E-state index in [1.54, 1.807) is 0 Å². The van der Waals surface area contributed by atoms with Crippen LogP contribution in [0.3, 0.4) is 0 Å². The van der Waals surface area contributed by atoms with Crippen molar-refractivity contribution in [1.29, 1.82) is 5.26 Å². The number of rotatable bonds is 14. The van der Waals surface area contributed by atoms with Gasteiger partial charge in [-0.1, -0.05) is 110 Å². The molecule has 2 unspecified atom stereocenters. The lowest BCUT2D eigenvalue weighted by Crippen LogP contribution is -2.34. The molecule has 0 saturated heterocycles. The Morgan fingerprint density at radius 1 is 0.618 bits per heavy atom. The van der Waals surface area contributed by atoms with Gasteiger partial charge in [-0.15, -0.1) is 0 Å². The molecule has 0 bridgehead atoms. The summed E-state index contributed by atoms with van der Waals surface area (Å²) in [7, 11) is 0. The Balaban J connectivity index is 1.34. The lowest BCUT2D eigenvalue weighted by atomic mass is 9.61. The number of unbranched alkanes of at least 4 members (excludes halogenated alkanes) is 8. The highest BCUT2D eigenvalue weighted by Crippen LogP contribution is 2.50. The molecule has 0 heterocycles. The van der Waals surface area contributed by atoms with Crippen LogP contribution in [-0.4, -0.2) is 0 Å². The van der Waals surface area contributed by atoms with Gasteiger partial charge in [-0.25, -0.2) is 0 Å². The predicted molar refractivity (Wildman–Crippen MR) is 148 cm³/mol. The molecule has 1 nitrogen and oxygen atoms in total. The Bertz CT molecular complexity index is 560. The van der Waals surface area contributed by atoms with Crippen molar-refractivity contribution in [3.8, 4) is 6.07 Å². The Morgan fingerprint density at radius 3 is 1.74 bits per heavy atom. The maximum Gasteiger partial charge on any atom is 0.0689 e. The molecule has 0 aromatic rings. The molecule has 0 aromatic carbocycles. The fourth-order valence-corrected chi connectivity index (χ4v) is 8.34. The summed E-state index contributed by atoms with van der Waals surface area (Å²) < 4.78 is 0. The molecule has 3 fully saturated rings. The Kier molecular flexibility index (Phi) is 12.9. The molecule has 2 atom stereocenters. The van der Waals surface area contributed by atoms with Crippen LogP contribution in [0.25, 0.3) is 0 Å². The number of nitrogens with zero attached hydrogens (tertiary/aromatic N) is 1. The molecule has 0 N–H and O–H groups in total. The minimum Gasteiger partial charge on any atom is -0.198 e. The molecule has 196 valence electrons. The average molecular weight is 470 g/mol. The summed E-state index contributed by atoms with van der Waals surface area (Å²) >= 11 is 0. The maximum atomic E-state index is 10.1. The topological polar surface area (TPSA) is 23.8 Å². The number of nitriles is 1. The summed E-state index contributed by atoms with van der Waals surface area (Å²) in [5.41, 5.74) is 0.0287. The van der Waals surface area contributed by atoms with Gasteiger partial charge in [0.1, 0.15) is 0 Å². The molecule has 3 aliphatic carbocycles. The van der Waals surface area contributed by atoms with Crippen molar-refractivity contribution >= 4 is 0 Å². The van der Waals surface area contributed by atoms with E-state index >= 15 is 0 Å². The Hall–Kier alpha value is -0.510. The van der Waals surface area contributed by atoms with Crippen molar-refractivity contribution in [3.63, 3.8) is 0 Å². The number of hydrogen-bond acceptors (Lipinski definition) is 1. The van der Waals surface area contributed by atoms with Crippen LogP contribution >= 0.6 is 0 Å². The van der Waals surface area contributed by atoms with Crippen molar-refractivity contribution in [2.24, 2.45) is 35.0 Å². The standard InChI is InChI=1S/C33H59N/c1-3-5-7-9-11-14-28-16-18-29(19-17-28)30-20-22-31(23-21-30)32-15-13-25-33(26-32,27-34)24-12-10-8-6-4-2/h28-32H,3-26H2,1-2H3/t28-,29-,30-,31-,32?,33?. The highest BCUT2D eigenvalue weighted by molar-refractivity contribution is 5.03. The van der Waals surface area contributed by atoms with E-state index in [1.807, 2.05) is 0 Å². The van der Waals surface area contributed by atoms with Crippen molar-refractivity contribution < 1.29 is 0 Å². The highest BCUT2D eigenvalue weighted by Gasteiger charge is 2.40. The first-order chi connectivity index (χ1) is 16.7. The van der Waals surface area contributed by atoms with Crippen LogP contribution in [0.15, 0.2) is 0 Å². The Morgan fingerprint density at radius 2 is 1.15 bits per heavy atom. The van der Waals surface area contributed by atoms with E-state index < -0.39 is 0 Å². The molecule has 0 radical (unpaired) electrons. The van der Waals surface area contributed by atoms with Gasteiger partial charge in [0, 0.05) is 0 Å². The van der Waals surface area contributed by atoms with Gasteiger partial charge < -0.3 is 0 Å². The van der Waals surface area contributed by atoms with Gasteiger partial charge in [-0.3, -0.25) is 0 Å². The highest BCUT2D eigenvalue weighted by atomic mass is 14.5. The number of hydrogen-bond donors (Lipinski definition) is 0. The van der Waals surface area contributed by atoms with Crippen molar-refractivity contribution in [1.82, 2.24) is 0 Å². The SMILES string of the molecule is CCCCCCCC1(C#N)CCCC([C@H]2CC[C@H]([C@H]3CC[C@H](CCCCCCC)CC3)CC2)C1. The third-order valence-corrected chi connectivity index (χ3v) is 10.6. The molecule has 0 aliphatic heterocycles. The van der Waals surface area contributed by atoms with Crippen LogP contribution in [0.2, 0.25) is 0 Å². The van der Waals surface area contributed by atoms with Gasteiger partial charge in [0.25, 0.3) is 0 Å². The quantitative estimate of drug-likeness (QED) is 0.232. The van der Waals surface area contributed by atoms with E-state index in [0.29, 0.717) is 0 Å². The van der Waals surface area contributed by atoms with Crippen LogP contribution in [0.1, 0.15) is 168 Å². The minimum absolute atomic E-state index is 0.0287. The minimum atomic E-state index is 0.0287. The normalized spacial score (nSPS) is 34.6. The van der Waals surface area contributed by atoms with Gasteiger partial charge in [-0.2, -0.15) is 5.26 Å².